The number of nitrogens with one attached hydrogen (secondary N) is 1. The lowest BCUT2D eigenvalue weighted by atomic mass is 10.1. The number of para-hydroxylation sites is 1. The molecule has 0 saturated heterocycles. The minimum Gasteiger partial charge on any atom is -0.380 e. The van der Waals surface area contributed by atoms with Crippen molar-refractivity contribution in [2.24, 2.45) is 0 Å². The van der Waals surface area contributed by atoms with E-state index in [-0.39, 0.29) is 18.0 Å². The van der Waals surface area contributed by atoms with Crippen LogP contribution in [0, 0.1) is 0 Å². The van der Waals surface area contributed by atoms with E-state index >= 15 is 0 Å². The van der Waals surface area contributed by atoms with Crippen LogP contribution in [0.2, 0.25) is 0 Å². The summed E-state index contributed by atoms with van der Waals surface area (Å²) in [5, 5.41) is 0.541. The van der Waals surface area contributed by atoms with Crippen molar-refractivity contribution in [2.45, 2.75) is 20.1 Å². The molecule has 2 aromatic carbocycles. The maximum atomic E-state index is 12.8. The lowest BCUT2D eigenvalue weighted by molar-refractivity contribution is 0.0748. The number of carbonyl (C=O) groups excluding carboxylic acids is 1. The molecule has 0 unspecified atom stereocenters. The topological polar surface area (TPSA) is 75.3 Å². The Bertz CT molecular complexity index is 964. The Morgan fingerprint density at radius 2 is 1.88 bits per heavy atom. The van der Waals surface area contributed by atoms with Crippen LogP contribution in [-0.4, -0.2) is 34.4 Å². The molecule has 3 aromatic rings. The second-order valence-corrected chi connectivity index (χ2v) is 5.98. The van der Waals surface area contributed by atoms with Crippen molar-refractivity contribution in [3.63, 3.8) is 0 Å². The Balaban J connectivity index is 1.82. The van der Waals surface area contributed by atoms with Gasteiger partial charge in [0.15, 0.2) is 0 Å². The molecule has 0 bridgehead atoms. The van der Waals surface area contributed by atoms with Gasteiger partial charge in [-0.15, -0.1) is 0 Å². The van der Waals surface area contributed by atoms with E-state index in [0.717, 1.165) is 5.56 Å². The molecule has 6 nitrogen and oxygen atoms in total. The Hall–Kier alpha value is -2.99. The van der Waals surface area contributed by atoms with E-state index < -0.39 is 0 Å². The molecule has 134 valence electrons. The molecule has 1 aromatic heterocycles. The molecule has 0 radical (unpaired) electrons. The zero-order valence-electron chi connectivity index (χ0n) is 14.9. The van der Waals surface area contributed by atoms with Gasteiger partial charge in [-0.1, -0.05) is 24.3 Å². The minimum absolute atomic E-state index is 0.104. The highest BCUT2D eigenvalue weighted by Crippen LogP contribution is 2.12. The highest BCUT2D eigenvalue weighted by Gasteiger charge is 2.16. The van der Waals surface area contributed by atoms with Crippen LogP contribution in [0.5, 0.6) is 0 Å². The molecule has 6 heteroatoms. The number of rotatable bonds is 6. The molecule has 0 aliphatic rings. The lowest BCUT2D eigenvalue weighted by Crippen LogP contribution is -2.32. The number of hydrogen-bond acceptors (Lipinski definition) is 4. The van der Waals surface area contributed by atoms with Crippen LogP contribution >= 0.6 is 0 Å². The number of aromatic amines is 1. The van der Waals surface area contributed by atoms with Gasteiger partial charge >= 0.3 is 0 Å². The van der Waals surface area contributed by atoms with Crippen LogP contribution in [-0.2, 0) is 17.9 Å². The molecule has 3 rings (SSSR count). The number of aromatic nitrogens is 2. The van der Waals surface area contributed by atoms with Gasteiger partial charge in [-0.3, -0.25) is 9.59 Å². The summed E-state index contributed by atoms with van der Waals surface area (Å²) >= 11 is 0. The van der Waals surface area contributed by atoms with Gasteiger partial charge in [0.2, 0.25) is 0 Å². The number of methoxy groups -OCH3 is 1. The Morgan fingerprint density at radius 3 is 2.58 bits per heavy atom. The van der Waals surface area contributed by atoms with Gasteiger partial charge in [-0.2, -0.15) is 0 Å². The predicted molar refractivity (Wildman–Crippen MR) is 99.9 cm³/mol. The number of carbonyl (C=O) groups is 1. The first-order chi connectivity index (χ1) is 12.6. The van der Waals surface area contributed by atoms with Crippen LogP contribution < -0.4 is 5.56 Å². The second kappa shape index (κ2) is 7.93. The van der Waals surface area contributed by atoms with E-state index in [0.29, 0.717) is 35.4 Å². The molecule has 0 atom stereocenters. The average Bonchev–Trinajstić information content (AvgIpc) is 2.66. The van der Waals surface area contributed by atoms with Crippen molar-refractivity contribution in [3.8, 4) is 0 Å². The average molecular weight is 351 g/mol. The molecule has 0 spiro atoms. The Kier molecular flexibility index (Phi) is 5.43. The normalized spacial score (nSPS) is 10.8. The van der Waals surface area contributed by atoms with Crippen LogP contribution in [0.1, 0.15) is 28.7 Å². The summed E-state index contributed by atoms with van der Waals surface area (Å²) in [6.07, 6.45) is 0. The van der Waals surface area contributed by atoms with Crippen molar-refractivity contribution in [2.75, 3.05) is 13.7 Å². The van der Waals surface area contributed by atoms with E-state index in [1.165, 1.54) is 0 Å². The maximum Gasteiger partial charge on any atom is 0.258 e. The van der Waals surface area contributed by atoms with Gasteiger partial charge in [0, 0.05) is 19.2 Å². The molecule has 1 heterocycles. The first-order valence-electron chi connectivity index (χ1n) is 8.47. The van der Waals surface area contributed by atoms with Crippen molar-refractivity contribution in [1.82, 2.24) is 14.9 Å². The first kappa shape index (κ1) is 17.8. The van der Waals surface area contributed by atoms with Crippen LogP contribution in [0.4, 0.5) is 0 Å². The Labute approximate surface area is 151 Å². The summed E-state index contributed by atoms with van der Waals surface area (Å²) < 4.78 is 5.08. The number of amides is 1. The number of hydrogen-bond donors (Lipinski definition) is 1. The van der Waals surface area contributed by atoms with Crippen LogP contribution in [0.15, 0.2) is 53.3 Å². The summed E-state index contributed by atoms with van der Waals surface area (Å²) in [7, 11) is 1.63. The summed E-state index contributed by atoms with van der Waals surface area (Å²) in [6, 6.07) is 14.5. The fourth-order valence-corrected chi connectivity index (χ4v) is 2.81. The highest BCUT2D eigenvalue weighted by atomic mass is 16.5. The molecule has 1 N–H and O–H groups in total. The molecular weight excluding hydrogens is 330 g/mol. The summed E-state index contributed by atoms with van der Waals surface area (Å²) in [6.45, 7) is 3.16. The summed E-state index contributed by atoms with van der Waals surface area (Å²) in [5.74, 6) is 0.368. The number of fused-ring (bicyclic) bond motifs is 1. The number of H-pyrrole nitrogens is 1. The zero-order chi connectivity index (χ0) is 18.5. The number of ether oxygens (including phenoxy) is 1. The number of nitrogens with zero attached hydrogens (tertiary/aromatic N) is 2. The van der Waals surface area contributed by atoms with Gasteiger partial charge in [0.05, 0.1) is 24.1 Å². The fourth-order valence-electron chi connectivity index (χ4n) is 2.81. The van der Waals surface area contributed by atoms with E-state index in [1.807, 2.05) is 25.1 Å². The van der Waals surface area contributed by atoms with Crippen molar-refractivity contribution < 1.29 is 9.53 Å². The lowest BCUT2D eigenvalue weighted by Gasteiger charge is -2.20. The standard InChI is InChI=1S/C20H21N3O3/c1-3-23(20(25)15-10-8-14(9-11-15)13-26-2)12-18-21-17-7-5-4-6-16(17)19(24)22-18/h4-11H,3,12-13H2,1-2H3,(H,21,22,24). The van der Waals surface area contributed by atoms with Crippen molar-refractivity contribution in [3.05, 3.63) is 75.8 Å². The minimum atomic E-state index is -0.196. The molecular formula is C20H21N3O3. The quantitative estimate of drug-likeness (QED) is 0.741. The largest absolute Gasteiger partial charge is 0.380 e. The maximum absolute atomic E-state index is 12.8. The molecule has 0 aliphatic heterocycles. The second-order valence-electron chi connectivity index (χ2n) is 5.98. The van der Waals surface area contributed by atoms with E-state index in [2.05, 4.69) is 9.97 Å². The fraction of sp³-hybridized carbons (Fsp3) is 0.250. The zero-order valence-corrected chi connectivity index (χ0v) is 14.9. The van der Waals surface area contributed by atoms with E-state index in [1.54, 1.807) is 42.3 Å². The highest BCUT2D eigenvalue weighted by molar-refractivity contribution is 5.94. The van der Waals surface area contributed by atoms with Gasteiger partial charge in [-0.25, -0.2) is 4.98 Å². The smallest absolute Gasteiger partial charge is 0.258 e. The van der Waals surface area contributed by atoms with Gasteiger partial charge in [0.25, 0.3) is 11.5 Å². The van der Waals surface area contributed by atoms with Crippen LogP contribution in [0.3, 0.4) is 0 Å². The molecule has 1 amide bonds. The Morgan fingerprint density at radius 1 is 1.15 bits per heavy atom. The summed E-state index contributed by atoms with van der Waals surface area (Å²) in [4.78, 5) is 33.9. The third-order valence-corrected chi connectivity index (χ3v) is 4.18. The van der Waals surface area contributed by atoms with Crippen molar-refractivity contribution >= 4 is 16.8 Å². The molecule has 0 aliphatic carbocycles. The predicted octanol–water partition coefficient (Wildman–Crippen LogP) is 2.73. The molecule has 0 saturated carbocycles. The van der Waals surface area contributed by atoms with Crippen LogP contribution in [0.25, 0.3) is 10.9 Å². The van der Waals surface area contributed by atoms with Gasteiger partial charge < -0.3 is 14.6 Å². The first-order valence-corrected chi connectivity index (χ1v) is 8.47. The van der Waals surface area contributed by atoms with Crippen molar-refractivity contribution in [1.29, 1.82) is 0 Å². The third kappa shape index (κ3) is 3.81. The van der Waals surface area contributed by atoms with E-state index in [4.69, 9.17) is 4.74 Å². The van der Waals surface area contributed by atoms with E-state index in [9.17, 15) is 9.59 Å². The van der Waals surface area contributed by atoms with Gasteiger partial charge in [0.1, 0.15) is 5.82 Å². The van der Waals surface area contributed by atoms with Gasteiger partial charge in [-0.05, 0) is 36.8 Å². The monoisotopic (exact) mass is 351 g/mol. The molecule has 26 heavy (non-hydrogen) atoms. The SMILES string of the molecule is CCN(Cc1nc2ccccc2c(=O)[nH]1)C(=O)c1ccc(COC)cc1. The number of benzene rings is 2. The molecule has 0 fully saturated rings. The summed E-state index contributed by atoms with van der Waals surface area (Å²) in [5.41, 5.74) is 2.03. The third-order valence-electron chi connectivity index (χ3n) is 4.18.